The lowest BCUT2D eigenvalue weighted by molar-refractivity contribution is -0.157. The maximum absolute atomic E-state index is 12.6. The number of carboxylic acid groups (broad SMARTS) is 2. The highest BCUT2D eigenvalue weighted by Gasteiger charge is 2.36. The first-order chi connectivity index (χ1) is 11.2. The lowest BCUT2D eigenvalue weighted by Gasteiger charge is -2.34. The number of hydrogen-bond donors (Lipinski definition) is 2. The molecule has 0 aliphatic rings. The minimum atomic E-state index is -0.974. The summed E-state index contributed by atoms with van der Waals surface area (Å²) in [5.41, 5.74) is -0.283. The fourth-order valence-electron chi connectivity index (χ4n) is 2.69. The average Bonchev–Trinajstić information content (AvgIpc) is 2.38. The summed E-state index contributed by atoms with van der Waals surface area (Å²) in [6.07, 6.45) is 1.31. The van der Waals surface area contributed by atoms with Crippen LogP contribution < -0.4 is 0 Å². The summed E-state index contributed by atoms with van der Waals surface area (Å²) in [6, 6.07) is 0. The molecule has 6 nitrogen and oxygen atoms in total. The molecule has 0 fully saturated rings. The first-order valence-electron chi connectivity index (χ1n) is 8.82. The van der Waals surface area contributed by atoms with Crippen LogP contribution in [0, 0.1) is 22.7 Å². The molecule has 0 amide bonds. The van der Waals surface area contributed by atoms with Gasteiger partial charge in [-0.25, -0.2) is 0 Å². The van der Waals surface area contributed by atoms with E-state index in [0.717, 1.165) is 0 Å². The van der Waals surface area contributed by atoms with Gasteiger partial charge in [-0.3, -0.25) is 14.4 Å². The Hall–Kier alpha value is -1.59. The molecule has 2 N–H and O–H groups in total. The number of esters is 1. The molecule has 146 valence electrons. The molecule has 0 radical (unpaired) electrons. The van der Waals surface area contributed by atoms with E-state index in [0.29, 0.717) is 19.3 Å². The first kappa shape index (κ1) is 23.4. The van der Waals surface area contributed by atoms with Crippen molar-refractivity contribution in [2.75, 3.05) is 6.61 Å². The van der Waals surface area contributed by atoms with Crippen LogP contribution in [0.25, 0.3) is 0 Å². The molecule has 6 heteroatoms. The van der Waals surface area contributed by atoms with Gasteiger partial charge in [0.2, 0.25) is 0 Å². The number of ether oxygens (including phenoxy) is 1. The number of rotatable bonds is 10. The predicted molar refractivity (Wildman–Crippen MR) is 95.2 cm³/mol. The van der Waals surface area contributed by atoms with E-state index in [-0.39, 0.29) is 48.1 Å². The van der Waals surface area contributed by atoms with E-state index in [1.807, 2.05) is 20.8 Å². The number of carboxylic acids is 2. The van der Waals surface area contributed by atoms with Gasteiger partial charge in [-0.15, -0.1) is 0 Å². The average molecular weight is 358 g/mol. The van der Waals surface area contributed by atoms with Crippen LogP contribution in [0.15, 0.2) is 0 Å². The molecule has 0 spiro atoms. The van der Waals surface area contributed by atoms with Gasteiger partial charge in [-0.1, -0.05) is 41.5 Å². The Morgan fingerprint density at radius 2 is 1.52 bits per heavy atom. The van der Waals surface area contributed by atoms with Crippen molar-refractivity contribution in [1.29, 1.82) is 0 Å². The van der Waals surface area contributed by atoms with Gasteiger partial charge in [-0.05, 0) is 30.1 Å². The van der Waals surface area contributed by atoms with Gasteiger partial charge in [0.15, 0.2) is 0 Å². The van der Waals surface area contributed by atoms with Gasteiger partial charge in [0, 0.05) is 12.3 Å². The fraction of sp³-hybridized carbons (Fsp3) is 0.842. The van der Waals surface area contributed by atoms with Gasteiger partial charge in [-0.2, -0.15) is 0 Å². The van der Waals surface area contributed by atoms with E-state index in [1.165, 1.54) is 0 Å². The third-order valence-corrected chi connectivity index (χ3v) is 4.07. The van der Waals surface area contributed by atoms with Gasteiger partial charge in [0.05, 0.1) is 18.9 Å². The molecule has 0 saturated carbocycles. The Balaban J connectivity index is 4.82. The van der Waals surface area contributed by atoms with Crippen molar-refractivity contribution in [3.05, 3.63) is 0 Å². The summed E-state index contributed by atoms with van der Waals surface area (Å²) in [5.74, 6) is -2.84. The second-order valence-corrected chi connectivity index (χ2v) is 9.06. The van der Waals surface area contributed by atoms with Crippen molar-refractivity contribution in [3.8, 4) is 0 Å². The minimum absolute atomic E-state index is 0.0152. The normalized spacial score (nSPS) is 14.6. The molecule has 0 aliphatic heterocycles. The van der Waals surface area contributed by atoms with Gasteiger partial charge < -0.3 is 14.9 Å². The van der Waals surface area contributed by atoms with Crippen LogP contribution in [0.2, 0.25) is 0 Å². The quantitative estimate of drug-likeness (QED) is 0.573. The SMILES string of the molecule is CC(C)(C)CC(C(=O)OCC(CCCC(=O)O)CC(=O)O)C(C)(C)C. The van der Waals surface area contributed by atoms with E-state index < -0.39 is 11.9 Å². The third kappa shape index (κ3) is 11.6. The number of carbonyl (C=O) groups is 3. The second kappa shape index (κ2) is 9.78. The van der Waals surface area contributed by atoms with Crippen molar-refractivity contribution in [2.45, 2.75) is 73.6 Å². The topological polar surface area (TPSA) is 101 Å². The van der Waals surface area contributed by atoms with E-state index in [9.17, 15) is 14.4 Å². The number of aliphatic carboxylic acids is 2. The van der Waals surface area contributed by atoms with Gasteiger partial charge in [0.1, 0.15) is 0 Å². The smallest absolute Gasteiger partial charge is 0.309 e. The van der Waals surface area contributed by atoms with Crippen LogP contribution in [0.1, 0.15) is 73.6 Å². The maximum atomic E-state index is 12.6. The second-order valence-electron chi connectivity index (χ2n) is 9.06. The molecule has 0 bridgehead atoms. The number of hydrogen-bond acceptors (Lipinski definition) is 4. The van der Waals surface area contributed by atoms with E-state index >= 15 is 0 Å². The Labute approximate surface area is 150 Å². The molecule has 0 rings (SSSR count). The standard InChI is InChI=1S/C19H34O6/c1-18(2,3)11-14(19(4,5)6)17(24)25-12-13(10-16(22)23)8-7-9-15(20)21/h13-14H,7-12H2,1-6H3,(H,20,21)(H,22,23). The molecule has 2 unspecified atom stereocenters. The Morgan fingerprint density at radius 3 is 1.92 bits per heavy atom. The summed E-state index contributed by atoms with van der Waals surface area (Å²) in [5, 5.41) is 17.7. The first-order valence-corrected chi connectivity index (χ1v) is 8.82. The fourth-order valence-corrected chi connectivity index (χ4v) is 2.69. The zero-order valence-corrected chi connectivity index (χ0v) is 16.4. The molecule has 2 atom stereocenters. The highest BCUT2D eigenvalue weighted by molar-refractivity contribution is 5.73. The maximum Gasteiger partial charge on any atom is 0.309 e. The van der Waals surface area contributed by atoms with Crippen LogP contribution >= 0.6 is 0 Å². The highest BCUT2D eigenvalue weighted by Crippen LogP contribution is 2.37. The van der Waals surface area contributed by atoms with E-state index in [1.54, 1.807) is 0 Å². The van der Waals surface area contributed by atoms with E-state index in [2.05, 4.69) is 20.8 Å². The Bertz CT molecular complexity index is 456. The summed E-state index contributed by atoms with van der Waals surface area (Å²) in [6.45, 7) is 12.2. The molecule has 0 saturated heterocycles. The lowest BCUT2D eigenvalue weighted by atomic mass is 9.72. The van der Waals surface area contributed by atoms with Crippen LogP contribution in [-0.2, 0) is 19.1 Å². The highest BCUT2D eigenvalue weighted by atomic mass is 16.5. The largest absolute Gasteiger partial charge is 0.481 e. The zero-order chi connectivity index (χ0) is 19.8. The van der Waals surface area contributed by atoms with E-state index in [4.69, 9.17) is 14.9 Å². The molecular formula is C19H34O6. The summed E-state index contributed by atoms with van der Waals surface area (Å²) in [4.78, 5) is 34.2. The summed E-state index contributed by atoms with van der Waals surface area (Å²) < 4.78 is 5.45. The molecule has 0 aliphatic carbocycles. The Morgan fingerprint density at radius 1 is 0.960 bits per heavy atom. The van der Waals surface area contributed by atoms with Crippen LogP contribution in [0.4, 0.5) is 0 Å². The van der Waals surface area contributed by atoms with Crippen LogP contribution in [0.3, 0.4) is 0 Å². The van der Waals surface area contributed by atoms with Crippen molar-refractivity contribution < 1.29 is 29.3 Å². The van der Waals surface area contributed by atoms with Crippen molar-refractivity contribution in [1.82, 2.24) is 0 Å². The zero-order valence-electron chi connectivity index (χ0n) is 16.4. The van der Waals surface area contributed by atoms with Gasteiger partial charge >= 0.3 is 17.9 Å². The minimum Gasteiger partial charge on any atom is -0.481 e. The van der Waals surface area contributed by atoms with Crippen molar-refractivity contribution >= 4 is 17.9 Å². The van der Waals surface area contributed by atoms with Crippen LogP contribution in [0.5, 0.6) is 0 Å². The molecule has 0 aromatic rings. The molecule has 0 heterocycles. The molecule has 0 aromatic carbocycles. The number of carbonyl (C=O) groups excluding carboxylic acids is 1. The monoisotopic (exact) mass is 358 g/mol. The van der Waals surface area contributed by atoms with Crippen molar-refractivity contribution in [2.24, 2.45) is 22.7 Å². The molecule has 0 aromatic heterocycles. The molecular weight excluding hydrogens is 324 g/mol. The summed E-state index contributed by atoms with van der Waals surface area (Å²) >= 11 is 0. The predicted octanol–water partition coefficient (Wildman–Crippen LogP) is 3.97. The molecule has 25 heavy (non-hydrogen) atoms. The summed E-state index contributed by atoms with van der Waals surface area (Å²) in [7, 11) is 0. The lowest BCUT2D eigenvalue weighted by Crippen LogP contribution is -2.34. The van der Waals surface area contributed by atoms with Crippen molar-refractivity contribution in [3.63, 3.8) is 0 Å². The Kier molecular flexibility index (Phi) is 9.16. The van der Waals surface area contributed by atoms with Crippen LogP contribution in [-0.4, -0.2) is 34.7 Å². The third-order valence-electron chi connectivity index (χ3n) is 4.07. The van der Waals surface area contributed by atoms with Gasteiger partial charge in [0.25, 0.3) is 0 Å².